The first kappa shape index (κ1) is 28.2. The molecule has 0 unspecified atom stereocenters. The van der Waals surface area contributed by atoms with Crippen LogP contribution >= 0.6 is 11.6 Å². The molecule has 0 aliphatic heterocycles. The van der Waals surface area contributed by atoms with Gasteiger partial charge in [-0.1, -0.05) is 17.7 Å². The van der Waals surface area contributed by atoms with Gasteiger partial charge in [0.15, 0.2) is 5.78 Å². The molecule has 0 bridgehead atoms. The van der Waals surface area contributed by atoms with Gasteiger partial charge in [0.25, 0.3) is 0 Å². The molecule has 0 atom stereocenters. The van der Waals surface area contributed by atoms with Gasteiger partial charge in [-0.15, -0.1) is 0 Å². The molecule has 206 valence electrons. The van der Waals surface area contributed by atoms with Crippen molar-refractivity contribution in [2.75, 3.05) is 20.8 Å². The number of halogens is 2. The van der Waals surface area contributed by atoms with Gasteiger partial charge in [0, 0.05) is 37.6 Å². The molecule has 4 rings (SSSR count). The molecule has 2 amide bonds. The predicted octanol–water partition coefficient (Wildman–Crippen LogP) is 3.27. The van der Waals surface area contributed by atoms with Crippen molar-refractivity contribution in [3.8, 4) is 0 Å². The second kappa shape index (κ2) is 11.9. The van der Waals surface area contributed by atoms with Gasteiger partial charge in [-0.25, -0.2) is 9.18 Å². The van der Waals surface area contributed by atoms with Crippen LogP contribution in [0.2, 0.25) is 5.02 Å². The second-order valence-corrected chi connectivity index (χ2v) is 9.67. The Morgan fingerprint density at radius 3 is 2.59 bits per heavy atom. The van der Waals surface area contributed by atoms with Crippen LogP contribution in [0.15, 0.2) is 30.3 Å². The molecule has 1 aliphatic carbocycles. The summed E-state index contributed by atoms with van der Waals surface area (Å²) in [6, 6.07) is 7.70. The van der Waals surface area contributed by atoms with E-state index in [0.29, 0.717) is 16.5 Å². The van der Waals surface area contributed by atoms with Crippen LogP contribution in [-0.2, 0) is 38.8 Å². The molecule has 0 radical (unpaired) electrons. The molecule has 1 N–H and O–H groups in total. The quantitative estimate of drug-likeness (QED) is 0.283. The number of fused-ring (bicyclic) bond motifs is 1. The number of nitrogens with one attached hydrogen (secondary N) is 1. The number of esters is 1. The van der Waals surface area contributed by atoms with Gasteiger partial charge in [0.05, 0.1) is 36.4 Å². The van der Waals surface area contributed by atoms with Crippen molar-refractivity contribution in [2.45, 2.75) is 45.5 Å². The molecular weight excluding hydrogens is 531 g/mol. The Labute approximate surface area is 229 Å². The Morgan fingerprint density at radius 1 is 1.21 bits per heavy atom. The summed E-state index contributed by atoms with van der Waals surface area (Å²) in [5, 5.41) is 7.19. The Bertz CT molecular complexity index is 1450. The molecule has 0 spiro atoms. The predicted molar refractivity (Wildman–Crippen MR) is 140 cm³/mol. The minimum absolute atomic E-state index is 0.0471. The molecule has 10 nitrogen and oxygen atoms in total. The first-order valence-corrected chi connectivity index (χ1v) is 12.6. The van der Waals surface area contributed by atoms with Crippen LogP contribution in [0.25, 0.3) is 10.9 Å². The number of rotatable bonds is 11. The third-order valence-electron chi connectivity index (χ3n) is 6.37. The van der Waals surface area contributed by atoms with Crippen molar-refractivity contribution in [3.05, 3.63) is 63.6 Å². The van der Waals surface area contributed by atoms with E-state index >= 15 is 0 Å². The minimum atomic E-state index is -0.634. The number of nitrogens with zero attached hydrogens (tertiary/aromatic N) is 3. The van der Waals surface area contributed by atoms with Crippen LogP contribution < -0.4 is 5.32 Å². The fourth-order valence-corrected chi connectivity index (χ4v) is 4.65. The maximum Gasteiger partial charge on any atom is 0.338 e. The molecule has 12 heteroatoms. The van der Waals surface area contributed by atoms with Crippen molar-refractivity contribution >= 4 is 46.1 Å². The maximum absolute atomic E-state index is 14.5. The average molecular weight is 559 g/mol. The standard InChI is InChI=1S/C27H28ClFN4O6/c1-15(34)26-24-19(27(37)39-3)5-4-6-21(24)33(31-26)13-23(36)32(18-7-8-18)12-22(35)30-11-17-9-16(14-38-2)10-20(28)25(17)29/h4-6,9-10,18H,7-8,11-14H2,1-3H3,(H,30,35). The number of carbonyl (C=O) groups excluding carboxylic acids is 4. The van der Waals surface area contributed by atoms with Gasteiger partial charge in [0.1, 0.15) is 18.1 Å². The topological polar surface area (TPSA) is 120 Å². The monoisotopic (exact) mass is 558 g/mol. The molecule has 1 saturated carbocycles. The number of benzene rings is 2. The van der Waals surface area contributed by atoms with Crippen molar-refractivity contribution in [1.29, 1.82) is 0 Å². The first-order valence-electron chi connectivity index (χ1n) is 12.2. The Balaban J connectivity index is 1.50. The lowest BCUT2D eigenvalue weighted by Crippen LogP contribution is -2.43. The van der Waals surface area contributed by atoms with E-state index in [-0.39, 0.29) is 65.8 Å². The van der Waals surface area contributed by atoms with Crippen LogP contribution in [0.3, 0.4) is 0 Å². The lowest BCUT2D eigenvalue weighted by molar-refractivity contribution is -0.137. The number of hydrogen-bond acceptors (Lipinski definition) is 7. The molecule has 1 heterocycles. The largest absolute Gasteiger partial charge is 0.465 e. The van der Waals surface area contributed by atoms with Crippen LogP contribution in [-0.4, -0.2) is 65.1 Å². The average Bonchev–Trinajstić information content (AvgIpc) is 3.68. The Kier molecular flexibility index (Phi) is 8.61. The van der Waals surface area contributed by atoms with Crippen LogP contribution in [0.5, 0.6) is 0 Å². The number of hydrogen-bond donors (Lipinski definition) is 1. The van der Waals surface area contributed by atoms with Gasteiger partial charge in [-0.3, -0.25) is 19.1 Å². The lowest BCUT2D eigenvalue weighted by atomic mass is 10.1. The molecule has 3 aromatic rings. The van der Waals surface area contributed by atoms with E-state index in [9.17, 15) is 23.6 Å². The highest BCUT2D eigenvalue weighted by Gasteiger charge is 2.34. The molecule has 0 saturated heterocycles. The zero-order chi connectivity index (χ0) is 28.3. The zero-order valence-corrected chi connectivity index (χ0v) is 22.5. The number of amides is 2. The number of carbonyl (C=O) groups is 4. The van der Waals surface area contributed by atoms with Crippen LogP contribution in [0.4, 0.5) is 4.39 Å². The summed E-state index contributed by atoms with van der Waals surface area (Å²) in [7, 11) is 2.74. The van der Waals surface area contributed by atoms with Crippen LogP contribution in [0.1, 0.15) is 51.7 Å². The van der Waals surface area contributed by atoms with Crippen LogP contribution in [0, 0.1) is 5.82 Å². The first-order chi connectivity index (χ1) is 18.6. The van der Waals surface area contributed by atoms with E-state index in [0.717, 1.165) is 12.8 Å². The molecule has 2 aromatic carbocycles. The Morgan fingerprint density at radius 2 is 1.95 bits per heavy atom. The molecular formula is C27H28ClFN4O6. The second-order valence-electron chi connectivity index (χ2n) is 9.27. The summed E-state index contributed by atoms with van der Waals surface area (Å²) < 4.78 is 25.7. The fourth-order valence-electron chi connectivity index (χ4n) is 4.39. The van der Waals surface area contributed by atoms with E-state index in [2.05, 4.69) is 10.4 Å². The molecule has 1 fully saturated rings. The van der Waals surface area contributed by atoms with Crippen molar-refractivity contribution in [2.24, 2.45) is 0 Å². The lowest BCUT2D eigenvalue weighted by Gasteiger charge is -2.22. The van der Waals surface area contributed by atoms with E-state index in [1.165, 1.54) is 42.9 Å². The Hall–Kier alpha value is -3.83. The number of ketones is 1. The van der Waals surface area contributed by atoms with Crippen molar-refractivity contribution in [1.82, 2.24) is 20.0 Å². The van der Waals surface area contributed by atoms with E-state index in [1.54, 1.807) is 18.2 Å². The van der Waals surface area contributed by atoms with E-state index < -0.39 is 17.7 Å². The van der Waals surface area contributed by atoms with Crippen molar-refractivity contribution in [3.63, 3.8) is 0 Å². The summed E-state index contributed by atoms with van der Waals surface area (Å²) in [5.41, 5.74) is 1.49. The summed E-state index contributed by atoms with van der Waals surface area (Å²) >= 11 is 5.97. The highest BCUT2D eigenvalue weighted by molar-refractivity contribution is 6.30. The normalized spacial score (nSPS) is 12.8. The maximum atomic E-state index is 14.5. The highest BCUT2D eigenvalue weighted by Crippen LogP contribution is 2.28. The summed E-state index contributed by atoms with van der Waals surface area (Å²) in [5.74, 6) is -2.48. The van der Waals surface area contributed by atoms with E-state index in [4.69, 9.17) is 21.1 Å². The van der Waals surface area contributed by atoms with Gasteiger partial charge < -0.3 is 19.7 Å². The van der Waals surface area contributed by atoms with Crippen molar-refractivity contribution < 1.29 is 33.0 Å². The van der Waals surface area contributed by atoms with Gasteiger partial charge in [0.2, 0.25) is 11.8 Å². The minimum Gasteiger partial charge on any atom is -0.465 e. The summed E-state index contributed by atoms with van der Waals surface area (Å²) in [4.78, 5) is 52.1. The summed E-state index contributed by atoms with van der Waals surface area (Å²) in [6.07, 6.45) is 1.49. The highest BCUT2D eigenvalue weighted by atomic mass is 35.5. The number of Topliss-reactive ketones (excluding diaryl/α,β-unsaturated/α-hetero) is 1. The van der Waals surface area contributed by atoms with E-state index in [1.807, 2.05) is 0 Å². The zero-order valence-electron chi connectivity index (χ0n) is 21.8. The molecule has 1 aliphatic rings. The summed E-state index contributed by atoms with van der Waals surface area (Å²) in [6.45, 7) is 0.963. The third kappa shape index (κ3) is 6.26. The third-order valence-corrected chi connectivity index (χ3v) is 6.65. The molecule has 39 heavy (non-hydrogen) atoms. The van der Waals surface area contributed by atoms with Gasteiger partial charge >= 0.3 is 5.97 Å². The number of methoxy groups -OCH3 is 2. The van der Waals surface area contributed by atoms with Gasteiger partial charge in [-0.2, -0.15) is 5.10 Å². The molecule has 1 aromatic heterocycles. The number of ether oxygens (including phenoxy) is 2. The van der Waals surface area contributed by atoms with Gasteiger partial charge in [-0.05, 0) is 42.7 Å². The fraction of sp³-hybridized carbons (Fsp3) is 0.370. The number of aromatic nitrogens is 2. The SMILES string of the molecule is COCc1cc(Cl)c(F)c(CNC(=O)CN(C(=O)Cn2nc(C(C)=O)c3c(C(=O)OC)cccc32)C2CC2)c1. The smallest absolute Gasteiger partial charge is 0.338 e.